The Morgan fingerprint density at radius 1 is 1.19 bits per heavy atom. The average molecular weight is 472 g/mol. The number of aromatic nitrogens is 2. The summed E-state index contributed by atoms with van der Waals surface area (Å²) in [6.45, 7) is -3.89. The van der Waals surface area contributed by atoms with Gasteiger partial charge in [-0.1, -0.05) is 11.6 Å². The summed E-state index contributed by atoms with van der Waals surface area (Å²) < 4.78 is 104. The van der Waals surface area contributed by atoms with E-state index < -0.39 is 58.5 Å². The summed E-state index contributed by atoms with van der Waals surface area (Å²) in [5.41, 5.74) is -3.15. The molecule has 4 rings (SSSR count). The minimum absolute atomic E-state index is 0.0333. The van der Waals surface area contributed by atoms with Crippen LogP contribution in [0.25, 0.3) is 0 Å². The zero-order valence-corrected chi connectivity index (χ0v) is 16.2. The van der Waals surface area contributed by atoms with Crippen molar-refractivity contribution in [2.75, 3.05) is 18.2 Å². The van der Waals surface area contributed by atoms with Gasteiger partial charge in [-0.3, -0.25) is 0 Å². The largest absolute Gasteiger partial charge is 0.431 e. The van der Waals surface area contributed by atoms with E-state index in [0.717, 1.165) is 0 Å². The normalized spacial score (nSPS) is 22.8. The second-order valence-corrected chi connectivity index (χ2v) is 7.45. The number of hydrogen-bond donors (Lipinski definition) is 0. The molecule has 1 atom stereocenters. The molecule has 2 aliphatic rings. The molecule has 0 N–H and O–H groups in total. The zero-order chi connectivity index (χ0) is 22.6. The Morgan fingerprint density at radius 2 is 1.94 bits per heavy atom. The SMILES string of the molecule is FC(F)Oc1cc(C(F)(F)F)cnc1N1COC[C@@]12CCC(F)(F)c1c2ccnc1Cl. The Morgan fingerprint density at radius 3 is 2.61 bits per heavy atom. The molecule has 0 radical (unpaired) electrons. The monoisotopic (exact) mass is 471 g/mol. The fraction of sp³-hybridized carbons (Fsp3) is 0.444. The van der Waals surface area contributed by atoms with Crippen LogP contribution in [0.2, 0.25) is 5.15 Å². The van der Waals surface area contributed by atoms with Gasteiger partial charge in [0.05, 0.1) is 23.3 Å². The standard InChI is InChI=1S/C18H13ClF7N3O2/c19-13-12-10(1-4-27-13)16(2-3-17(12,22)23)7-30-8-29(16)14-11(31-15(20)21)5-9(6-28-14)18(24,25)26/h1,4-6,15H,2-3,7-8H2/t16-/m1/s1. The van der Waals surface area contributed by atoms with E-state index in [1.54, 1.807) is 0 Å². The molecule has 1 aliphatic carbocycles. The topological polar surface area (TPSA) is 47.5 Å². The number of ether oxygens (including phenoxy) is 2. The maximum atomic E-state index is 14.6. The Bertz CT molecular complexity index is 1000. The zero-order valence-electron chi connectivity index (χ0n) is 15.4. The lowest BCUT2D eigenvalue weighted by Gasteiger charge is -2.44. The van der Waals surface area contributed by atoms with Gasteiger partial charge in [-0.15, -0.1) is 0 Å². The van der Waals surface area contributed by atoms with E-state index in [1.165, 1.54) is 17.2 Å². The predicted octanol–water partition coefficient (Wildman–Crippen LogP) is 5.33. The second-order valence-electron chi connectivity index (χ2n) is 7.09. The van der Waals surface area contributed by atoms with Crippen molar-refractivity contribution in [2.45, 2.75) is 37.1 Å². The molecule has 0 amide bonds. The van der Waals surface area contributed by atoms with Crippen molar-refractivity contribution < 1.29 is 40.2 Å². The molecule has 1 spiro atoms. The van der Waals surface area contributed by atoms with E-state index in [1.807, 2.05) is 0 Å². The quantitative estimate of drug-likeness (QED) is 0.447. The average Bonchev–Trinajstić information content (AvgIpc) is 3.08. The van der Waals surface area contributed by atoms with Crippen molar-refractivity contribution in [3.63, 3.8) is 0 Å². The van der Waals surface area contributed by atoms with Gasteiger partial charge in [-0.05, 0) is 24.1 Å². The Balaban J connectivity index is 1.88. The van der Waals surface area contributed by atoms with E-state index >= 15 is 0 Å². The number of fused-ring (bicyclic) bond motifs is 2. The highest BCUT2D eigenvalue weighted by Gasteiger charge is 2.55. The van der Waals surface area contributed by atoms with Gasteiger partial charge in [0.25, 0.3) is 5.92 Å². The van der Waals surface area contributed by atoms with E-state index in [-0.39, 0.29) is 25.3 Å². The van der Waals surface area contributed by atoms with Crippen molar-refractivity contribution in [2.24, 2.45) is 0 Å². The van der Waals surface area contributed by atoms with Gasteiger partial charge in [0.15, 0.2) is 11.6 Å². The second kappa shape index (κ2) is 7.37. The van der Waals surface area contributed by atoms with Crippen LogP contribution in [0.1, 0.15) is 29.5 Å². The van der Waals surface area contributed by atoms with Gasteiger partial charge in [-0.2, -0.15) is 22.0 Å². The minimum atomic E-state index is -4.86. The first kappa shape index (κ1) is 21.9. The molecule has 0 saturated carbocycles. The summed E-state index contributed by atoms with van der Waals surface area (Å²) in [7, 11) is 0. The van der Waals surface area contributed by atoms with Crippen molar-refractivity contribution in [1.29, 1.82) is 0 Å². The van der Waals surface area contributed by atoms with E-state index in [0.29, 0.717) is 12.3 Å². The summed E-state index contributed by atoms with van der Waals surface area (Å²) >= 11 is 5.94. The van der Waals surface area contributed by atoms with E-state index in [2.05, 4.69) is 14.7 Å². The van der Waals surface area contributed by atoms with Crippen LogP contribution in [-0.4, -0.2) is 29.9 Å². The van der Waals surface area contributed by atoms with Crippen LogP contribution < -0.4 is 9.64 Å². The highest BCUT2D eigenvalue weighted by Crippen LogP contribution is 2.54. The summed E-state index contributed by atoms with van der Waals surface area (Å²) in [5, 5.41) is -0.433. The molecule has 13 heteroatoms. The maximum Gasteiger partial charge on any atom is 0.418 e. The van der Waals surface area contributed by atoms with Gasteiger partial charge >= 0.3 is 12.8 Å². The number of rotatable bonds is 3. The molecule has 2 aromatic rings. The van der Waals surface area contributed by atoms with Crippen LogP contribution in [0, 0.1) is 0 Å². The maximum absolute atomic E-state index is 14.6. The summed E-state index contributed by atoms with van der Waals surface area (Å²) in [6.07, 6.45) is -4.07. The van der Waals surface area contributed by atoms with Gasteiger partial charge in [0, 0.05) is 18.8 Å². The smallest absolute Gasteiger partial charge is 0.418 e. The third-order valence-corrected chi connectivity index (χ3v) is 5.62. The molecule has 3 heterocycles. The van der Waals surface area contributed by atoms with Gasteiger partial charge in [0.1, 0.15) is 11.9 Å². The van der Waals surface area contributed by atoms with Crippen LogP contribution in [-0.2, 0) is 22.4 Å². The number of halogens is 8. The number of pyridine rings is 2. The molecule has 5 nitrogen and oxygen atoms in total. The lowest BCUT2D eigenvalue weighted by atomic mass is 9.75. The van der Waals surface area contributed by atoms with Gasteiger partial charge in [-0.25, -0.2) is 18.7 Å². The molecule has 1 aliphatic heterocycles. The molecule has 0 aromatic carbocycles. The molecular weight excluding hydrogens is 459 g/mol. The first-order valence-corrected chi connectivity index (χ1v) is 9.24. The third kappa shape index (κ3) is 3.65. The molecule has 0 unspecified atom stereocenters. The lowest BCUT2D eigenvalue weighted by molar-refractivity contribution is -0.138. The first-order valence-electron chi connectivity index (χ1n) is 8.86. The van der Waals surface area contributed by atoms with E-state index in [9.17, 15) is 30.7 Å². The first-order chi connectivity index (χ1) is 14.5. The summed E-state index contributed by atoms with van der Waals surface area (Å²) in [4.78, 5) is 8.64. The number of nitrogens with zero attached hydrogens (tertiary/aromatic N) is 3. The van der Waals surface area contributed by atoms with Gasteiger partial charge < -0.3 is 14.4 Å². The molecule has 1 fully saturated rings. The molecule has 168 valence electrons. The minimum Gasteiger partial charge on any atom is -0.431 e. The third-order valence-electron chi connectivity index (χ3n) is 5.33. The van der Waals surface area contributed by atoms with Crippen LogP contribution in [0.3, 0.4) is 0 Å². The van der Waals surface area contributed by atoms with Crippen LogP contribution in [0.5, 0.6) is 5.75 Å². The van der Waals surface area contributed by atoms with Crippen LogP contribution >= 0.6 is 11.6 Å². The molecular formula is C18H13ClF7N3O2. The Kier molecular flexibility index (Phi) is 5.20. The van der Waals surface area contributed by atoms with Crippen molar-refractivity contribution in [1.82, 2.24) is 9.97 Å². The fourth-order valence-corrected chi connectivity index (χ4v) is 4.27. The highest BCUT2D eigenvalue weighted by molar-refractivity contribution is 6.30. The van der Waals surface area contributed by atoms with Crippen molar-refractivity contribution in [3.8, 4) is 5.75 Å². The Labute approximate surface area is 175 Å². The van der Waals surface area contributed by atoms with Crippen molar-refractivity contribution >= 4 is 17.4 Å². The Hall–Kier alpha value is -2.34. The molecule has 31 heavy (non-hydrogen) atoms. The number of anilines is 1. The summed E-state index contributed by atoms with van der Waals surface area (Å²) in [6, 6.07) is 1.69. The van der Waals surface area contributed by atoms with Crippen LogP contribution in [0.4, 0.5) is 36.6 Å². The molecule has 0 bridgehead atoms. The van der Waals surface area contributed by atoms with Gasteiger partial charge in [0.2, 0.25) is 0 Å². The summed E-state index contributed by atoms with van der Waals surface area (Å²) in [5.74, 6) is -4.56. The van der Waals surface area contributed by atoms with Crippen LogP contribution in [0.15, 0.2) is 24.5 Å². The molecule has 1 saturated heterocycles. The highest BCUT2D eigenvalue weighted by atomic mass is 35.5. The molecule has 2 aromatic heterocycles. The van der Waals surface area contributed by atoms with Crippen molar-refractivity contribution in [3.05, 3.63) is 46.4 Å². The fourth-order valence-electron chi connectivity index (χ4n) is 3.97. The van der Waals surface area contributed by atoms with E-state index in [4.69, 9.17) is 16.3 Å². The lowest BCUT2D eigenvalue weighted by Crippen LogP contribution is -2.49. The number of alkyl halides is 7. The predicted molar refractivity (Wildman–Crippen MR) is 93.2 cm³/mol. The number of hydrogen-bond acceptors (Lipinski definition) is 5.